The highest BCUT2D eigenvalue weighted by Crippen LogP contribution is 2.34. The van der Waals surface area contributed by atoms with Gasteiger partial charge in [-0.25, -0.2) is 0 Å². The summed E-state index contributed by atoms with van der Waals surface area (Å²) >= 11 is 0. The SMILES string of the molecule is CCCC(C)Oc1nc(N)c2c(n1)N(Cc1ccc(C)nc1)CC(=O)N2. The van der Waals surface area contributed by atoms with Gasteiger partial charge in [0.25, 0.3) is 0 Å². The third-order valence-corrected chi connectivity index (χ3v) is 4.14. The second kappa shape index (κ2) is 7.55. The van der Waals surface area contributed by atoms with E-state index in [1.165, 1.54) is 0 Å². The molecule has 26 heavy (non-hydrogen) atoms. The molecule has 2 aromatic rings. The average Bonchev–Trinajstić information content (AvgIpc) is 2.58. The lowest BCUT2D eigenvalue weighted by atomic mass is 10.2. The molecular formula is C18H24N6O2. The van der Waals surface area contributed by atoms with Crippen LogP contribution in [0, 0.1) is 6.92 Å². The Morgan fingerprint density at radius 1 is 1.38 bits per heavy atom. The number of hydrogen-bond donors (Lipinski definition) is 2. The largest absolute Gasteiger partial charge is 0.460 e. The van der Waals surface area contributed by atoms with Crippen LogP contribution in [-0.4, -0.2) is 33.5 Å². The van der Waals surface area contributed by atoms with Gasteiger partial charge in [0, 0.05) is 18.4 Å². The molecule has 0 saturated heterocycles. The minimum absolute atomic E-state index is 0.00891. The van der Waals surface area contributed by atoms with E-state index in [9.17, 15) is 4.79 Å². The van der Waals surface area contributed by atoms with Gasteiger partial charge in [-0.15, -0.1) is 0 Å². The second-order valence-electron chi connectivity index (χ2n) is 6.52. The number of ether oxygens (including phenoxy) is 1. The zero-order chi connectivity index (χ0) is 18.7. The fourth-order valence-corrected chi connectivity index (χ4v) is 2.86. The number of amides is 1. The Hall–Kier alpha value is -2.90. The number of carbonyl (C=O) groups excluding carboxylic acids is 1. The summed E-state index contributed by atoms with van der Waals surface area (Å²) in [6.45, 7) is 6.67. The van der Waals surface area contributed by atoms with Crippen LogP contribution in [0.4, 0.5) is 17.3 Å². The first-order valence-corrected chi connectivity index (χ1v) is 8.76. The first-order valence-electron chi connectivity index (χ1n) is 8.76. The van der Waals surface area contributed by atoms with Gasteiger partial charge in [-0.1, -0.05) is 19.4 Å². The maximum absolute atomic E-state index is 12.1. The highest BCUT2D eigenvalue weighted by atomic mass is 16.5. The second-order valence-corrected chi connectivity index (χ2v) is 6.52. The number of nitrogens with one attached hydrogen (secondary N) is 1. The van der Waals surface area contributed by atoms with E-state index in [0.717, 1.165) is 24.1 Å². The van der Waals surface area contributed by atoms with Gasteiger partial charge >= 0.3 is 6.01 Å². The van der Waals surface area contributed by atoms with Gasteiger partial charge in [-0.05, 0) is 31.9 Å². The molecule has 0 fully saturated rings. The van der Waals surface area contributed by atoms with Crippen LogP contribution < -0.4 is 20.7 Å². The van der Waals surface area contributed by atoms with Crippen molar-refractivity contribution < 1.29 is 9.53 Å². The van der Waals surface area contributed by atoms with Gasteiger partial charge in [-0.3, -0.25) is 9.78 Å². The number of fused-ring (bicyclic) bond motifs is 1. The Balaban J connectivity index is 1.90. The number of nitrogens with zero attached hydrogens (tertiary/aromatic N) is 4. The quantitative estimate of drug-likeness (QED) is 0.818. The Labute approximate surface area is 152 Å². The predicted molar refractivity (Wildman–Crippen MR) is 100 cm³/mol. The normalized spacial score (nSPS) is 14.6. The van der Waals surface area contributed by atoms with Crippen molar-refractivity contribution in [2.24, 2.45) is 0 Å². The first-order chi connectivity index (χ1) is 12.5. The first kappa shape index (κ1) is 17.9. The molecule has 0 aromatic carbocycles. The Morgan fingerprint density at radius 2 is 2.19 bits per heavy atom. The van der Waals surface area contributed by atoms with Crippen LogP contribution in [0.3, 0.4) is 0 Å². The maximum atomic E-state index is 12.1. The van der Waals surface area contributed by atoms with Crippen LogP contribution in [0.2, 0.25) is 0 Å². The van der Waals surface area contributed by atoms with Gasteiger partial charge in [0.2, 0.25) is 5.91 Å². The average molecular weight is 356 g/mol. The van der Waals surface area contributed by atoms with E-state index in [-0.39, 0.29) is 30.4 Å². The Bertz CT molecular complexity index is 793. The van der Waals surface area contributed by atoms with Gasteiger partial charge in [0.05, 0.1) is 12.6 Å². The van der Waals surface area contributed by atoms with Crippen molar-refractivity contribution in [1.29, 1.82) is 0 Å². The lowest BCUT2D eigenvalue weighted by molar-refractivity contribution is -0.115. The van der Waals surface area contributed by atoms with Crippen molar-refractivity contribution >= 4 is 23.2 Å². The van der Waals surface area contributed by atoms with Crippen LogP contribution in [0.15, 0.2) is 18.3 Å². The molecule has 1 atom stereocenters. The zero-order valence-electron chi connectivity index (χ0n) is 15.3. The van der Waals surface area contributed by atoms with Gasteiger partial charge in [0.1, 0.15) is 5.69 Å². The molecule has 3 N–H and O–H groups in total. The smallest absolute Gasteiger partial charge is 0.320 e. The summed E-state index contributed by atoms with van der Waals surface area (Å²) in [6, 6.07) is 4.15. The monoisotopic (exact) mass is 356 g/mol. The maximum Gasteiger partial charge on any atom is 0.320 e. The number of anilines is 3. The number of nitrogen functional groups attached to an aromatic ring is 1. The topological polar surface area (TPSA) is 106 Å². The molecule has 0 radical (unpaired) electrons. The van der Waals surface area contributed by atoms with Crippen molar-refractivity contribution in [1.82, 2.24) is 15.0 Å². The number of hydrogen-bond acceptors (Lipinski definition) is 7. The van der Waals surface area contributed by atoms with Gasteiger partial charge < -0.3 is 20.7 Å². The van der Waals surface area contributed by atoms with Crippen molar-refractivity contribution in [2.45, 2.75) is 46.3 Å². The van der Waals surface area contributed by atoms with Crippen molar-refractivity contribution in [3.05, 3.63) is 29.6 Å². The molecule has 0 spiro atoms. The van der Waals surface area contributed by atoms with E-state index >= 15 is 0 Å². The van der Waals surface area contributed by atoms with Crippen LogP contribution in [-0.2, 0) is 11.3 Å². The summed E-state index contributed by atoms with van der Waals surface area (Å²) in [4.78, 5) is 26.9. The van der Waals surface area contributed by atoms with E-state index in [1.54, 1.807) is 6.20 Å². The summed E-state index contributed by atoms with van der Waals surface area (Å²) in [5.41, 5.74) is 8.40. The number of carbonyl (C=O) groups is 1. The van der Waals surface area contributed by atoms with Crippen molar-refractivity contribution in [3.63, 3.8) is 0 Å². The fraction of sp³-hybridized carbons (Fsp3) is 0.444. The third-order valence-electron chi connectivity index (χ3n) is 4.14. The zero-order valence-corrected chi connectivity index (χ0v) is 15.3. The molecule has 0 saturated carbocycles. The van der Waals surface area contributed by atoms with Crippen LogP contribution in [0.1, 0.15) is 37.9 Å². The van der Waals surface area contributed by atoms with Gasteiger partial charge in [0.15, 0.2) is 11.6 Å². The minimum atomic E-state index is -0.152. The molecule has 2 aromatic heterocycles. The molecule has 1 aliphatic heterocycles. The summed E-state index contributed by atoms with van der Waals surface area (Å²) in [5, 5.41) is 2.76. The molecule has 3 heterocycles. The van der Waals surface area contributed by atoms with E-state index < -0.39 is 0 Å². The highest BCUT2D eigenvalue weighted by molar-refractivity contribution is 6.03. The molecular weight excluding hydrogens is 332 g/mol. The lowest BCUT2D eigenvalue weighted by Gasteiger charge is -2.30. The summed E-state index contributed by atoms with van der Waals surface area (Å²) < 4.78 is 5.79. The molecule has 8 heteroatoms. The summed E-state index contributed by atoms with van der Waals surface area (Å²) in [6.07, 6.45) is 3.69. The molecule has 1 amide bonds. The molecule has 0 bridgehead atoms. The highest BCUT2D eigenvalue weighted by Gasteiger charge is 2.27. The molecule has 8 nitrogen and oxygen atoms in total. The van der Waals surface area contributed by atoms with E-state index in [2.05, 4.69) is 27.2 Å². The van der Waals surface area contributed by atoms with E-state index in [1.807, 2.05) is 30.9 Å². The standard InChI is InChI=1S/C18H24N6O2/c1-4-5-12(3)26-18-22-16(19)15-17(23-18)24(10-14(25)21-15)9-13-7-6-11(2)20-8-13/h6-8,12H,4-5,9-10H2,1-3H3,(H,21,25)(H2,19,22,23). The molecule has 1 aliphatic rings. The Morgan fingerprint density at radius 3 is 2.88 bits per heavy atom. The van der Waals surface area contributed by atoms with Crippen LogP contribution in [0.25, 0.3) is 0 Å². The Kier molecular flexibility index (Phi) is 5.20. The van der Waals surface area contributed by atoms with Crippen LogP contribution in [0.5, 0.6) is 6.01 Å². The van der Waals surface area contributed by atoms with E-state index in [4.69, 9.17) is 10.5 Å². The molecule has 138 valence electrons. The minimum Gasteiger partial charge on any atom is -0.460 e. The molecule has 1 unspecified atom stereocenters. The molecule has 0 aliphatic carbocycles. The lowest BCUT2D eigenvalue weighted by Crippen LogP contribution is -2.39. The number of pyridine rings is 1. The molecule has 3 rings (SSSR count). The number of nitrogens with two attached hydrogens (primary N) is 1. The third kappa shape index (κ3) is 4.01. The summed E-state index contributed by atoms with van der Waals surface area (Å²) in [7, 11) is 0. The van der Waals surface area contributed by atoms with E-state index in [0.29, 0.717) is 18.1 Å². The summed E-state index contributed by atoms with van der Waals surface area (Å²) in [5.74, 6) is 0.617. The van der Waals surface area contributed by atoms with Crippen molar-refractivity contribution in [2.75, 3.05) is 22.5 Å². The number of aromatic nitrogens is 3. The fourth-order valence-electron chi connectivity index (χ4n) is 2.86. The number of rotatable bonds is 6. The van der Waals surface area contributed by atoms with Crippen molar-refractivity contribution in [3.8, 4) is 6.01 Å². The van der Waals surface area contributed by atoms with Crippen LogP contribution >= 0.6 is 0 Å². The number of aryl methyl sites for hydroxylation is 1. The van der Waals surface area contributed by atoms with Gasteiger partial charge in [-0.2, -0.15) is 9.97 Å². The predicted octanol–water partition coefficient (Wildman–Crippen LogP) is 2.29.